The van der Waals surface area contributed by atoms with E-state index >= 15 is 0 Å². The van der Waals surface area contributed by atoms with Crippen LogP contribution in [0.15, 0.2) is 29.1 Å². The minimum Gasteiger partial charge on any atom is -0.493 e. The van der Waals surface area contributed by atoms with Crippen LogP contribution in [0.1, 0.15) is 18.7 Å². The van der Waals surface area contributed by atoms with E-state index in [4.69, 9.17) is 5.73 Å². The smallest absolute Gasteiger partial charge is 0.262 e. The van der Waals surface area contributed by atoms with Gasteiger partial charge in [-0.3, -0.25) is 4.79 Å². The van der Waals surface area contributed by atoms with Crippen molar-refractivity contribution in [3.8, 4) is 17.0 Å². The Morgan fingerprint density at radius 2 is 2.26 bits per heavy atom. The number of aromatic hydroxyl groups is 1. The molecule has 0 aliphatic carbocycles. The molecule has 2 rings (SSSR count). The van der Waals surface area contributed by atoms with E-state index in [0.717, 1.165) is 6.07 Å². The second kappa shape index (κ2) is 5.19. The van der Waals surface area contributed by atoms with Gasteiger partial charge in [0.05, 0.1) is 0 Å². The van der Waals surface area contributed by atoms with Crippen LogP contribution in [0.4, 0.5) is 4.39 Å². The summed E-state index contributed by atoms with van der Waals surface area (Å²) >= 11 is 0. The Bertz CT molecular complexity index is 655. The monoisotopic (exact) mass is 263 g/mol. The molecule has 1 unspecified atom stereocenters. The molecule has 19 heavy (non-hydrogen) atoms. The molecule has 100 valence electrons. The molecule has 0 saturated carbocycles. The van der Waals surface area contributed by atoms with Gasteiger partial charge in [-0.1, -0.05) is 19.1 Å². The van der Waals surface area contributed by atoms with Crippen LogP contribution in [0.5, 0.6) is 5.88 Å². The number of rotatable bonds is 3. The molecule has 0 aliphatic rings. The third-order valence-electron chi connectivity index (χ3n) is 2.85. The minimum absolute atomic E-state index is 0.0486. The Morgan fingerprint density at radius 1 is 1.53 bits per heavy atom. The average Bonchev–Trinajstić information content (AvgIpc) is 2.37. The first-order valence-electron chi connectivity index (χ1n) is 5.82. The largest absolute Gasteiger partial charge is 0.493 e. The lowest BCUT2D eigenvalue weighted by Gasteiger charge is -2.10. The summed E-state index contributed by atoms with van der Waals surface area (Å²) in [6, 6.07) is 5.41. The van der Waals surface area contributed by atoms with Gasteiger partial charge in [-0.05, 0) is 17.7 Å². The number of nitrogens with zero attached hydrogens (tertiary/aromatic N) is 1. The van der Waals surface area contributed by atoms with Gasteiger partial charge in [-0.15, -0.1) is 0 Å². The fourth-order valence-electron chi connectivity index (χ4n) is 1.73. The zero-order valence-corrected chi connectivity index (χ0v) is 10.4. The predicted molar refractivity (Wildman–Crippen MR) is 69.4 cm³/mol. The topological polar surface area (TPSA) is 92.0 Å². The molecule has 0 fully saturated rings. The fraction of sp³-hybridized carbons (Fsp3) is 0.231. The van der Waals surface area contributed by atoms with Crippen LogP contribution in [0, 0.1) is 5.82 Å². The van der Waals surface area contributed by atoms with Crippen LogP contribution in [0.3, 0.4) is 0 Å². The number of hydrogen-bond donors (Lipinski definition) is 3. The van der Waals surface area contributed by atoms with Crippen molar-refractivity contribution >= 4 is 0 Å². The molecule has 0 bridgehead atoms. The SMILES string of the molecule is CC(CN)c1nc(O)c(-c2cccc(F)c2)c(=O)[nH]1. The lowest BCUT2D eigenvalue weighted by Crippen LogP contribution is -2.19. The van der Waals surface area contributed by atoms with E-state index < -0.39 is 17.3 Å². The lowest BCUT2D eigenvalue weighted by molar-refractivity contribution is 0.447. The summed E-state index contributed by atoms with van der Waals surface area (Å²) in [7, 11) is 0. The third kappa shape index (κ3) is 2.63. The maximum absolute atomic E-state index is 13.1. The van der Waals surface area contributed by atoms with Gasteiger partial charge in [0.15, 0.2) is 0 Å². The fourth-order valence-corrected chi connectivity index (χ4v) is 1.73. The standard InChI is InChI=1S/C13H14FN3O2/c1-7(6-15)11-16-12(18)10(13(19)17-11)8-3-2-4-9(14)5-8/h2-5,7H,6,15H2,1H3,(H2,16,17,18,19). The van der Waals surface area contributed by atoms with Crippen LogP contribution < -0.4 is 11.3 Å². The average molecular weight is 263 g/mol. The van der Waals surface area contributed by atoms with Gasteiger partial charge in [-0.25, -0.2) is 4.39 Å². The summed E-state index contributed by atoms with van der Waals surface area (Å²) in [5, 5.41) is 9.87. The number of H-pyrrole nitrogens is 1. The molecular weight excluding hydrogens is 249 g/mol. The van der Waals surface area contributed by atoms with Crippen molar-refractivity contribution in [1.29, 1.82) is 0 Å². The van der Waals surface area contributed by atoms with Crippen LogP contribution in [-0.4, -0.2) is 21.6 Å². The lowest BCUT2D eigenvalue weighted by atomic mass is 10.1. The van der Waals surface area contributed by atoms with Crippen molar-refractivity contribution < 1.29 is 9.50 Å². The molecule has 4 N–H and O–H groups in total. The van der Waals surface area contributed by atoms with Crippen LogP contribution in [-0.2, 0) is 0 Å². The van der Waals surface area contributed by atoms with E-state index in [-0.39, 0.29) is 17.0 Å². The molecule has 1 heterocycles. The molecule has 5 nitrogen and oxygen atoms in total. The number of benzene rings is 1. The van der Waals surface area contributed by atoms with Crippen molar-refractivity contribution in [3.05, 3.63) is 46.3 Å². The van der Waals surface area contributed by atoms with Crippen molar-refractivity contribution in [2.45, 2.75) is 12.8 Å². The highest BCUT2D eigenvalue weighted by molar-refractivity contribution is 5.67. The highest BCUT2D eigenvalue weighted by atomic mass is 19.1. The molecule has 1 aromatic heterocycles. The Labute approximate surface area is 108 Å². The number of nitrogens with one attached hydrogen (secondary N) is 1. The molecule has 1 aromatic carbocycles. The predicted octanol–water partition coefficient (Wildman–Crippen LogP) is 1.34. The molecular formula is C13H14FN3O2. The zero-order valence-electron chi connectivity index (χ0n) is 10.4. The number of nitrogens with two attached hydrogens (primary N) is 1. The Hall–Kier alpha value is -2.21. The Balaban J connectivity index is 2.57. The molecule has 0 amide bonds. The number of halogens is 1. The van der Waals surface area contributed by atoms with E-state index in [9.17, 15) is 14.3 Å². The number of aromatic nitrogens is 2. The second-order valence-electron chi connectivity index (χ2n) is 4.30. The van der Waals surface area contributed by atoms with Gasteiger partial charge in [0.1, 0.15) is 17.2 Å². The van der Waals surface area contributed by atoms with Gasteiger partial charge in [0.2, 0.25) is 5.88 Å². The van der Waals surface area contributed by atoms with E-state index in [2.05, 4.69) is 9.97 Å². The van der Waals surface area contributed by atoms with E-state index in [1.165, 1.54) is 18.2 Å². The normalized spacial score (nSPS) is 12.4. The van der Waals surface area contributed by atoms with Crippen LogP contribution >= 0.6 is 0 Å². The molecule has 0 saturated heterocycles. The first kappa shape index (κ1) is 13.2. The molecule has 0 radical (unpaired) electrons. The van der Waals surface area contributed by atoms with Gasteiger partial charge in [0, 0.05) is 12.5 Å². The number of aromatic amines is 1. The van der Waals surface area contributed by atoms with Gasteiger partial charge in [-0.2, -0.15) is 4.98 Å². The molecule has 0 aliphatic heterocycles. The molecule has 2 aromatic rings. The molecule has 6 heteroatoms. The molecule has 1 atom stereocenters. The van der Waals surface area contributed by atoms with Gasteiger partial charge < -0.3 is 15.8 Å². The van der Waals surface area contributed by atoms with Gasteiger partial charge in [0.25, 0.3) is 5.56 Å². The first-order valence-corrected chi connectivity index (χ1v) is 5.82. The van der Waals surface area contributed by atoms with E-state index in [0.29, 0.717) is 12.4 Å². The quantitative estimate of drug-likeness (QED) is 0.779. The summed E-state index contributed by atoms with van der Waals surface area (Å²) < 4.78 is 13.1. The van der Waals surface area contributed by atoms with E-state index in [1.54, 1.807) is 6.92 Å². The number of hydrogen-bond acceptors (Lipinski definition) is 4. The van der Waals surface area contributed by atoms with Crippen LogP contribution in [0.2, 0.25) is 0 Å². The Kier molecular flexibility index (Phi) is 3.62. The summed E-state index contributed by atoms with van der Waals surface area (Å²) in [6.07, 6.45) is 0. The third-order valence-corrected chi connectivity index (χ3v) is 2.85. The van der Waals surface area contributed by atoms with Crippen molar-refractivity contribution in [3.63, 3.8) is 0 Å². The first-order chi connectivity index (χ1) is 9.02. The summed E-state index contributed by atoms with van der Waals surface area (Å²) in [6.45, 7) is 2.07. The van der Waals surface area contributed by atoms with Gasteiger partial charge >= 0.3 is 0 Å². The maximum Gasteiger partial charge on any atom is 0.262 e. The van der Waals surface area contributed by atoms with E-state index in [1.807, 2.05) is 0 Å². The van der Waals surface area contributed by atoms with Crippen LogP contribution in [0.25, 0.3) is 11.1 Å². The highest BCUT2D eigenvalue weighted by Crippen LogP contribution is 2.24. The van der Waals surface area contributed by atoms with Crippen molar-refractivity contribution in [1.82, 2.24) is 9.97 Å². The Morgan fingerprint density at radius 3 is 2.84 bits per heavy atom. The highest BCUT2D eigenvalue weighted by Gasteiger charge is 2.15. The second-order valence-corrected chi connectivity index (χ2v) is 4.30. The van der Waals surface area contributed by atoms with Crippen molar-refractivity contribution in [2.75, 3.05) is 6.54 Å². The maximum atomic E-state index is 13.1. The summed E-state index contributed by atoms with van der Waals surface area (Å²) in [5.74, 6) is -0.786. The summed E-state index contributed by atoms with van der Waals surface area (Å²) in [5.41, 5.74) is 5.19. The van der Waals surface area contributed by atoms with Crippen molar-refractivity contribution in [2.24, 2.45) is 5.73 Å². The minimum atomic E-state index is -0.520. The zero-order chi connectivity index (χ0) is 14.0. The summed E-state index contributed by atoms with van der Waals surface area (Å²) in [4.78, 5) is 18.4. The molecule has 0 spiro atoms.